The monoisotopic (exact) mass is 505 g/mol. The van der Waals surface area contributed by atoms with Crippen LogP contribution >= 0.6 is 51.2 Å². The Kier molecular flexibility index (Phi) is 6.91. The first-order valence-corrected chi connectivity index (χ1v) is 9.18. The maximum absolute atomic E-state index is 5.99. The molecule has 1 aromatic carbocycles. The highest BCUT2D eigenvalue weighted by Crippen LogP contribution is 2.50. The van der Waals surface area contributed by atoms with E-state index >= 15 is 0 Å². The molecule has 124 valence electrons. The van der Waals surface area contributed by atoms with Gasteiger partial charge in [0.15, 0.2) is 5.96 Å². The zero-order chi connectivity index (χ0) is 15.4. The summed E-state index contributed by atoms with van der Waals surface area (Å²) in [6.07, 6.45) is 3.35. The number of hydrogen-bond acceptors (Lipinski definition) is 2. The molecule has 3 rings (SSSR count). The molecule has 0 aliphatic heterocycles. The summed E-state index contributed by atoms with van der Waals surface area (Å²) in [7, 11) is 0. The lowest BCUT2D eigenvalue weighted by Crippen LogP contribution is -2.34. The first-order chi connectivity index (χ1) is 10.7. The van der Waals surface area contributed by atoms with Crippen molar-refractivity contribution in [3.63, 3.8) is 0 Å². The standard InChI is InChI=1S/C17H20BrN3S.HI/c18-15-6-2-1-5-14(15)17(8-9-17)12-21-16(19)20-10-7-13-4-3-11-22-13;/h1-6,11H,7-10,12H2,(H3,19,20,21);1H. The van der Waals surface area contributed by atoms with Gasteiger partial charge in [-0.05, 0) is 42.3 Å². The second-order valence-corrected chi connectivity index (χ2v) is 7.60. The van der Waals surface area contributed by atoms with E-state index in [-0.39, 0.29) is 29.4 Å². The summed E-state index contributed by atoms with van der Waals surface area (Å²) < 4.78 is 1.17. The molecule has 3 N–H and O–H groups in total. The molecule has 3 nitrogen and oxygen atoms in total. The lowest BCUT2D eigenvalue weighted by molar-refractivity contribution is 0.696. The number of nitrogens with one attached hydrogen (secondary N) is 1. The molecule has 6 heteroatoms. The van der Waals surface area contributed by atoms with Crippen molar-refractivity contribution in [1.29, 1.82) is 0 Å². The van der Waals surface area contributed by atoms with E-state index in [1.165, 1.54) is 27.8 Å². The van der Waals surface area contributed by atoms with Crippen molar-refractivity contribution in [2.75, 3.05) is 13.1 Å². The second kappa shape index (κ2) is 8.48. The third-order valence-electron chi connectivity index (χ3n) is 4.11. The number of hydrogen-bond donors (Lipinski definition) is 2. The number of halogens is 2. The molecule has 1 aromatic heterocycles. The lowest BCUT2D eigenvalue weighted by atomic mass is 9.96. The molecule has 0 spiro atoms. The summed E-state index contributed by atoms with van der Waals surface area (Å²) in [5.74, 6) is 0.551. The Morgan fingerprint density at radius 3 is 2.70 bits per heavy atom. The van der Waals surface area contributed by atoms with Gasteiger partial charge < -0.3 is 11.1 Å². The summed E-state index contributed by atoms with van der Waals surface area (Å²) in [6.45, 7) is 1.59. The minimum absolute atomic E-state index is 0. The predicted molar refractivity (Wildman–Crippen MR) is 113 cm³/mol. The highest BCUT2D eigenvalue weighted by atomic mass is 127. The molecule has 0 radical (unpaired) electrons. The maximum Gasteiger partial charge on any atom is 0.188 e. The van der Waals surface area contributed by atoms with Crippen molar-refractivity contribution in [2.45, 2.75) is 24.7 Å². The number of aliphatic imine (C=N–C) groups is 1. The van der Waals surface area contributed by atoms with E-state index < -0.39 is 0 Å². The second-order valence-electron chi connectivity index (χ2n) is 5.72. The van der Waals surface area contributed by atoms with Crippen LogP contribution in [-0.2, 0) is 11.8 Å². The van der Waals surface area contributed by atoms with E-state index in [1.807, 2.05) is 6.07 Å². The molecule has 0 saturated heterocycles. The van der Waals surface area contributed by atoms with E-state index in [0.717, 1.165) is 19.5 Å². The lowest BCUT2D eigenvalue weighted by Gasteiger charge is -2.15. The van der Waals surface area contributed by atoms with E-state index in [0.29, 0.717) is 5.96 Å². The molecule has 2 aromatic rings. The van der Waals surface area contributed by atoms with Gasteiger partial charge in [-0.15, -0.1) is 35.3 Å². The largest absolute Gasteiger partial charge is 0.370 e. The zero-order valence-electron chi connectivity index (χ0n) is 12.8. The van der Waals surface area contributed by atoms with E-state index in [4.69, 9.17) is 5.73 Å². The van der Waals surface area contributed by atoms with Gasteiger partial charge in [0.2, 0.25) is 0 Å². The third kappa shape index (κ3) is 4.93. The summed E-state index contributed by atoms with van der Waals surface area (Å²) in [4.78, 5) is 5.93. The van der Waals surface area contributed by atoms with Crippen LogP contribution in [0.4, 0.5) is 0 Å². The first kappa shape index (κ1) is 18.7. The Labute approximate surface area is 166 Å². The highest BCUT2D eigenvalue weighted by molar-refractivity contribution is 14.0. The molecule has 1 aliphatic rings. The molecule has 0 atom stereocenters. The molecule has 1 fully saturated rings. The Hall–Kier alpha value is -0.600. The van der Waals surface area contributed by atoms with Gasteiger partial charge in [0.05, 0.1) is 6.54 Å². The molecule has 0 bridgehead atoms. The van der Waals surface area contributed by atoms with Crippen molar-refractivity contribution < 1.29 is 0 Å². The quantitative estimate of drug-likeness (QED) is 0.349. The van der Waals surface area contributed by atoms with Crippen LogP contribution in [-0.4, -0.2) is 19.0 Å². The average Bonchev–Trinajstić information content (AvgIpc) is 3.13. The molecule has 1 heterocycles. The number of nitrogens with zero attached hydrogens (tertiary/aromatic N) is 1. The topological polar surface area (TPSA) is 50.4 Å². The molecular weight excluding hydrogens is 485 g/mol. The Morgan fingerprint density at radius 2 is 2.04 bits per heavy atom. The van der Waals surface area contributed by atoms with Crippen LogP contribution in [0.5, 0.6) is 0 Å². The number of guanidine groups is 1. The van der Waals surface area contributed by atoms with Crippen LogP contribution in [0.2, 0.25) is 0 Å². The fourth-order valence-corrected chi connectivity index (χ4v) is 4.03. The number of benzene rings is 1. The van der Waals surface area contributed by atoms with Crippen LogP contribution in [0.25, 0.3) is 0 Å². The van der Waals surface area contributed by atoms with Gasteiger partial charge in [-0.1, -0.05) is 40.2 Å². The highest BCUT2D eigenvalue weighted by Gasteiger charge is 2.45. The van der Waals surface area contributed by atoms with Crippen molar-refractivity contribution in [3.05, 3.63) is 56.7 Å². The van der Waals surface area contributed by atoms with Crippen LogP contribution in [0.3, 0.4) is 0 Å². The van der Waals surface area contributed by atoms with Gasteiger partial charge in [-0.2, -0.15) is 0 Å². The number of nitrogens with two attached hydrogens (primary N) is 1. The smallest absolute Gasteiger partial charge is 0.188 e. The third-order valence-corrected chi connectivity index (χ3v) is 5.74. The first-order valence-electron chi connectivity index (χ1n) is 7.51. The van der Waals surface area contributed by atoms with Crippen molar-refractivity contribution in [3.8, 4) is 0 Å². The molecule has 1 saturated carbocycles. The van der Waals surface area contributed by atoms with Gasteiger partial charge in [-0.25, -0.2) is 0 Å². The zero-order valence-corrected chi connectivity index (χ0v) is 17.5. The van der Waals surface area contributed by atoms with Gasteiger partial charge in [-0.3, -0.25) is 4.99 Å². The van der Waals surface area contributed by atoms with Crippen LogP contribution in [0.15, 0.2) is 51.2 Å². The van der Waals surface area contributed by atoms with Crippen molar-refractivity contribution >= 4 is 57.2 Å². The van der Waals surface area contributed by atoms with E-state index in [2.05, 4.69) is 62.0 Å². The SMILES string of the molecule is I.NC(=NCC1(c2ccccc2Br)CC1)NCCc1cccs1. The van der Waals surface area contributed by atoms with Gasteiger partial charge in [0, 0.05) is 21.3 Å². The summed E-state index contributed by atoms with van der Waals surface area (Å²) in [5.41, 5.74) is 7.53. The van der Waals surface area contributed by atoms with Gasteiger partial charge in [0.1, 0.15) is 0 Å². The Bertz CT molecular complexity index is 654. The van der Waals surface area contributed by atoms with Crippen LogP contribution in [0.1, 0.15) is 23.3 Å². The molecular formula is C17H21BrIN3S. The molecule has 0 amide bonds. The normalized spacial score (nSPS) is 15.8. The van der Waals surface area contributed by atoms with Gasteiger partial charge in [0.25, 0.3) is 0 Å². The fraction of sp³-hybridized carbons (Fsp3) is 0.353. The Balaban J connectivity index is 0.00000192. The van der Waals surface area contributed by atoms with Crippen molar-refractivity contribution in [2.24, 2.45) is 10.7 Å². The van der Waals surface area contributed by atoms with Gasteiger partial charge >= 0.3 is 0 Å². The number of rotatable bonds is 6. The minimum Gasteiger partial charge on any atom is -0.370 e. The maximum atomic E-state index is 5.99. The van der Waals surface area contributed by atoms with Crippen LogP contribution < -0.4 is 11.1 Å². The Morgan fingerprint density at radius 1 is 1.26 bits per heavy atom. The van der Waals surface area contributed by atoms with E-state index in [1.54, 1.807) is 11.3 Å². The summed E-state index contributed by atoms with van der Waals surface area (Å²) in [5, 5.41) is 5.31. The summed E-state index contributed by atoms with van der Waals surface area (Å²) in [6, 6.07) is 12.6. The van der Waals surface area contributed by atoms with Crippen molar-refractivity contribution in [1.82, 2.24) is 5.32 Å². The minimum atomic E-state index is 0. The average molecular weight is 506 g/mol. The molecule has 23 heavy (non-hydrogen) atoms. The molecule has 0 unspecified atom stereocenters. The summed E-state index contributed by atoms with van der Waals surface area (Å²) >= 11 is 5.42. The van der Waals surface area contributed by atoms with E-state index in [9.17, 15) is 0 Å². The number of thiophene rings is 1. The fourth-order valence-electron chi connectivity index (χ4n) is 2.62. The molecule has 1 aliphatic carbocycles. The van der Waals surface area contributed by atoms with Crippen LogP contribution in [0, 0.1) is 0 Å². The predicted octanol–water partition coefficient (Wildman–Crippen LogP) is 4.31.